The highest BCUT2D eigenvalue weighted by Gasteiger charge is 2.30. The quantitative estimate of drug-likeness (QED) is 0.167. The van der Waals surface area contributed by atoms with Gasteiger partial charge in [0.2, 0.25) is 5.91 Å². The molecule has 1 fully saturated rings. The van der Waals surface area contributed by atoms with Gasteiger partial charge in [-0.1, -0.05) is 99.0 Å². The molecule has 1 amide bonds. The summed E-state index contributed by atoms with van der Waals surface area (Å²) in [6.45, 7) is 9.52. The van der Waals surface area contributed by atoms with Gasteiger partial charge in [0, 0.05) is 36.1 Å². The Morgan fingerprint density at radius 2 is 1.73 bits per heavy atom. The summed E-state index contributed by atoms with van der Waals surface area (Å²) in [6.07, 6.45) is 15.1. The standard InChI is InChI=1S/C36H44N4O/c1-4-29(35(30-16-10-5-6-11-17-30)36(41)40-24-28-14-8-7-9-15-28)21-20-26(2)23-38-33-19-13-12-18-31(33)32-25-39-34(37)22-27(32)3/h4,7-9,12-15,18-22,25,30,35,38H,2,5-6,10-11,16-17,23-24H2,1,3H3,(H2,37,39)(H,40,41)/b21-20-,29-4+. The molecule has 0 aliphatic heterocycles. The van der Waals surface area contributed by atoms with Crippen molar-refractivity contribution in [3.8, 4) is 11.1 Å². The molecule has 2 aromatic carbocycles. The van der Waals surface area contributed by atoms with Crippen molar-refractivity contribution in [3.63, 3.8) is 0 Å². The molecule has 0 saturated heterocycles. The summed E-state index contributed by atoms with van der Waals surface area (Å²) in [7, 11) is 0. The van der Waals surface area contributed by atoms with E-state index in [-0.39, 0.29) is 11.8 Å². The second kappa shape index (κ2) is 15.0. The maximum Gasteiger partial charge on any atom is 0.228 e. The molecular weight excluding hydrogens is 504 g/mol. The van der Waals surface area contributed by atoms with Gasteiger partial charge < -0.3 is 16.4 Å². The van der Waals surface area contributed by atoms with Gasteiger partial charge in [-0.25, -0.2) is 4.98 Å². The number of benzene rings is 2. The van der Waals surface area contributed by atoms with E-state index >= 15 is 0 Å². The molecule has 0 bridgehead atoms. The van der Waals surface area contributed by atoms with Crippen molar-refractivity contribution in [1.29, 1.82) is 0 Å². The van der Waals surface area contributed by atoms with Gasteiger partial charge >= 0.3 is 0 Å². The average Bonchev–Trinajstić information content (AvgIpc) is 3.27. The van der Waals surface area contributed by atoms with Crippen molar-refractivity contribution in [2.75, 3.05) is 17.6 Å². The predicted molar refractivity (Wildman–Crippen MR) is 172 cm³/mol. The topological polar surface area (TPSA) is 80.0 Å². The number of nitrogens with two attached hydrogens (primary N) is 1. The van der Waals surface area contributed by atoms with E-state index in [1.54, 1.807) is 0 Å². The Hall–Kier alpha value is -4.12. The third kappa shape index (κ3) is 8.43. The molecule has 214 valence electrons. The van der Waals surface area contributed by atoms with Crippen molar-refractivity contribution >= 4 is 17.4 Å². The zero-order valence-electron chi connectivity index (χ0n) is 24.5. The Morgan fingerprint density at radius 3 is 2.44 bits per heavy atom. The second-order valence-corrected chi connectivity index (χ2v) is 11.0. The van der Waals surface area contributed by atoms with E-state index in [0.29, 0.717) is 24.8 Å². The van der Waals surface area contributed by atoms with Crippen molar-refractivity contribution in [3.05, 3.63) is 114 Å². The van der Waals surface area contributed by atoms with Crippen molar-refractivity contribution in [2.45, 2.75) is 58.9 Å². The van der Waals surface area contributed by atoms with Crippen LogP contribution in [0.4, 0.5) is 11.5 Å². The molecule has 3 aromatic rings. The minimum Gasteiger partial charge on any atom is -0.384 e. The number of allylic oxidation sites excluding steroid dienone is 2. The predicted octanol–water partition coefficient (Wildman–Crippen LogP) is 8.01. The number of pyridine rings is 1. The van der Waals surface area contributed by atoms with Crippen LogP contribution in [0.15, 0.2) is 103 Å². The van der Waals surface area contributed by atoms with Crippen LogP contribution in [0.5, 0.6) is 0 Å². The summed E-state index contributed by atoms with van der Waals surface area (Å²) in [6, 6.07) is 20.2. The van der Waals surface area contributed by atoms with E-state index in [0.717, 1.165) is 51.9 Å². The van der Waals surface area contributed by atoms with Gasteiger partial charge in [-0.15, -0.1) is 0 Å². The summed E-state index contributed by atoms with van der Waals surface area (Å²) >= 11 is 0. The van der Waals surface area contributed by atoms with E-state index in [2.05, 4.69) is 64.7 Å². The van der Waals surface area contributed by atoms with E-state index in [9.17, 15) is 4.79 Å². The summed E-state index contributed by atoms with van der Waals surface area (Å²) in [5, 5.41) is 6.78. The van der Waals surface area contributed by atoms with Crippen LogP contribution in [-0.4, -0.2) is 17.4 Å². The number of rotatable bonds is 11. The Labute approximate surface area is 245 Å². The number of anilines is 2. The molecule has 4 N–H and O–H groups in total. The Kier molecular flexibility index (Phi) is 10.9. The normalized spacial score (nSPS) is 15.3. The van der Waals surface area contributed by atoms with Gasteiger partial charge in [0.25, 0.3) is 0 Å². The first-order valence-corrected chi connectivity index (χ1v) is 14.9. The molecule has 1 aromatic heterocycles. The van der Waals surface area contributed by atoms with Crippen LogP contribution < -0.4 is 16.4 Å². The van der Waals surface area contributed by atoms with E-state index in [4.69, 9.17) is 5.73 Å². The third-order valence-electron chi connectivity index (χ3n) is 8.02. The average molecular weight is 549 g/mol. The van der Waals surface area contributed by atoms with Gasteiger partial charge in [-0.3, -0.25) is 4.79 Å². The minimum atomic E-state index is -0.166. The molecule has 1 saturated carbocycles. The number of nitrogen functional groups attached to an aromatic ring is 1. The van der Waals surface area contributed by atoms with Crippen LogP contribution in [0.3, 0.4) is 0 Å². The summed E-state index contributed by atoms with van der Waals surface area (Å²) in [4.78, 5) is 18.0. The molecule has 1 aliphatic carbocycles. The monoisotopic (exact) mass is 548 g/mol. The molecule has 1 aliphatic rings. The number of aromatic nitrogens is 1. The number of aryl methyl sites for hydroxylation is 1. The van der Waals surface area contributed by atoms with Crippen LogP contribution in [-0.2, 0) is 11.3 Å². The maximum atomic E-state index is 13.7. The van der Waals surface area contributed by atoms with Crippen LogP contribution in [0.2, 0.25) is 0 Å². The summed E-state index contributed by atoms with van der Waals surface area (Å²) in [5.74, 6) is 0.814. The first-order chi connectivity index (χ1) is 20.0. The second-order valence-electron chi connectivity index (χ2n) is 11.0. The number of nitrogens with one attached hydrogen (secondary N) is 2. The third-order valence-corrected chi connectivity index (χ3v) is 8.02. The number of carbonyl (C=O) groups excluding carboxylic acids is 1. The molecule has 0 spiro atoms. The van der Waals surface area contributed by atoms with Gasteiger partial charge in [0.15, 0.2) is 0 Å². The molecule has 41 heavy (non-hydrogen) atoms. The fourth-order valence-electron chi connectivity index (χ4n) is 5.77. The van der Waals surface area contributed by atoms with Gasteiger partial charge in [0.05, 0.1) is 5.92 Å². The van der Waals surface area contributed by atoms with Gasteiger partial charge in [-0.2, -0.15) is 0 Å². The van der Waals surface area contributed by atoms with E-state index in [1.807, 2.05) is 56.4 Å². The fraction of sp³-hybridized carbons (Fsp3) is 0.333. The largest absolute Gasteiger partial charge is 0.384 e. The lowest BCUT2D eigenvalue weighted by atomic mass is 9.80. The molecule has 1 atom stereocenters. The highest BCUT2D eigenvalue weighted by molar-refractivity contribution is 5.83. The zero-order chi connectivity index (χ0) is 29.0. The van der Waals surface area contributed by atoms with Crippen molar-refractivity contribution in [1.82, 2.24) is 10.3 Å². The number of carbonyl (C=O) groups is 1. The van der Waals surface area contributed by atoms with Crippen LogP contribution in [0, 0.1) is 18.8 Å². The van der Waals surface area contributed by atoms with Crippen LogP contribution in [0.1, 0.15) is 56.6 Å². The minimum absolute atomic E-state index is 0.114. The lowest BCUT2D eigenvalue weighted by Gasteiger charge is -2.27. The van der Waals surface area contributed by atoms with E-state index in [1.165, 1.54) is 25.7 Å². The lowest BCUT2D eigenvalue weighted by molar-refractivity contribution is -0.125. The number of amides is 1. The molecule has 4 rings (SSSR count). The smallest absolute Gasteiger partial charge is 0.228 e. The van der Waals surface area contributed by atoms with Gasteiger partial charge in [0.1, 0.15) is 5.82 Å². The molecular formula is C36H44N4O. The van der Waals surface area contributed by atoms with Crippen molar-refractivity contribution < 1.29 is 4.79 Å². The fourth-order valence-corrected chi connectivity index (χ4v) is 5.77. The maximum absolute atomic E-state index is 13.7. The van der Waals surface area contributed by atoms with E-state index < -0.39 is 0 Å². The van der Waals surface area contributed by atoms with Crippen molar-refractivity contribution in [2.24, 2.45) is 11.8 Å². The lowest BCUT2D eigenvalue weighted by Crippen LogP contribution is -2.35. The molecule has 1 unspecified atom stereocenters. The number of nitrogens with zero attached hydrogens (tertiary/aromatic N) is 1. The highest BCUT2D eigenvalue weighted by atomic mass is 16.1. The molecule has 1 heterocycles. The number of hydrogen-bond acceptors (Lipinski definition) is 4. The Bertz CT molecular complexity index is 1370. The number of hydrogen-bond donors (Lipinski definition) is 3. The van der Waals surface area contributed by atoms with Crippen LogP contribution in [0.25, 0.3) is 11.1 Å². The molecule has 0 radical (unpaired) electrons. The first kappa shape index (κ1) is 29.9. The van der Waals surface area contributed by atoms with Gasteiger partial charge in [-0.05, 0) is 67.0 Å². The zero-order valence-corrected chi connectivity index (χ0v) is 24.5. The first-order valence-electron chi connectivity index (χ1n) is 14.9. The number of para-hydroxylation sites is 1. The molecule has 5 nitrogen and oxygen atoms in total. The summed E-state index contributed by atoms with van der Waals surface area (Å²) < 4.78 is 0. The Morgan fingerprint density at radius 1 is 1.02 bits per heavy atom. The summed E-state index contributed by atoms with van der Waals surface area (Å²) in [5.41, 5.74) is 13.2. The van der Waals surface area contributed by atoms with Crippen LogP contribution >= 0.6 is 0 Å². The highest BCUT2D eigenvalue weighted by Crippen LogP contribution is 2.34. The SMILES string of the molecule is C=C(/C=C\C(=C/C)C(C(=O)NCc1ccccc1)C1CCCCCC1)CNc1ccccc1-c1cnc(N)cc1C. The molecule has 5 heteroatoms. The Balaban J connectivity index is 1.46.